The number of hydrogen-bond acceptors (Lipinski definition) is 21. The predicted octanol–water partition coefficient (Wildman–Crippen LogP) is -7.03. The van der Waals surface area contributed by atoms with Gasteiger partial charge in [0.1, 0.15) is 91.2 Å². The summed E-state index contributed by atoms with van der Waals surface area (Å²) in [6.45, 7) is 1.61. The maximum absolute atomic E-state index is 12.9. The molecule has 314 valence electrons. The number of rotatable bonds is 13. The lowest BCUT2D eigenvalue weighted by atomic mass is 9.89. The average molecular weight is 800 g/mol. The van der Waals surface area contributed by atoms with Crippen molar-refractivity contribution in [1.29, 1.82) is 0 Å². The molecule has 0 spiro atoms. The summed E-state index contributed by atoms with van der Waals surface area (Å²) in [5.41, 5.74) is 0. The van der Waals surface area contributed by atoms with Crippen molar-refractivity contribution in [2.45, 2.75) is 143 Å². The van der Waals surface area contributed by atoms with Crippen molar-refractivity contribution in [3.05, 3.63) is 24.2 Å². The standard InChI is InChI=1S/C32H49NO22/c1-9(2)23-21(43)24(52-32-20(42)16(38)18(40)27(55-32)29(46)47)14(36)12(50-23)8-49-30-22(44)25(13(35)11(7-34)51-30)53-31-19(41)15(37)17(39)26(54-31)28(45)33-6-10-4-3-5-48-10/h3-5,9,11-27,30-32,34-44H,6-8H2,1-2H3,(H,33,45)(H,46,47). The molecule has 0 saturated carbocycles. The first-order valence-electron chi connectivity index (χ1n) is 17.5. The van der Waals surface area contributed by atoms with Crippen molar-refractivity contribution in [2.75, 3.05) is 13.2 Å². The van der Waals surface area contributed by atoms with Crippen LogP contribution >= 0.6 is 0 Å². The Bertz CT molecular complexity index is 1390. The minimum atomic E-state index is -2.05. The molecule has 13 N–H and O–H groups in total. The molecule has 55 heavy (non-hydrogen) atoms. The van der Waals surface area contributed by atoms with E-state index in [9.17, 15) is 70.9 Å². The maximum atomic E-state index is 12.9. The monoisotopic (exact) mass is 799 g/mol. The number of furan rings is 1. The van der Waals surface area contributed by atoms with Crippen molar-refractivity contribution in [3.63, 3.8) is 0 Å². The molecular formula is C32H49NO22. The van der Waals surface area contributed by atoms with Crippen LogP contribution < -0.4 is 5.32 Å². The Morgan fingerprint density at radius 1 is 0.691 bits per heavy atom. The van der Waals surface area contributed by atoms with Crippen LogP contribution in [0.15, 0.2) is 22.8 Å². The van der Waals surface area contributed by atoms with Gasteiger partial charge in [0.15, 0.2) is 31.1 Å². The second-order valence-electron chi connectivity index (χ2n) is 14.0. The summed E-state index contributed by atoms with van der Waals surface area (Å²) < 4.78 is 44.1. The molecule has 5 rings (SSSR count). The maximum Gasteiger partial charge on any atom is 0.335 e. The number of carbonyl (C=O) groups is 2. The van der Waals surface area contributed by atoms with E-state index in [1.54, 1.807) is 26.0 Å². The fraction of sp³-hybridized carbons (Fsp3) is 0.812. The third-order valence-electron chi connectivity index (χ3n) is 9.87. The lowest BCUT2D eigenvalue weighted by Crippen LogP contribution is -2.66. The molecule has 1 aromatic heterocycles. The predicted molar refractivity (Wildman–Crippen MR) is 171 cm³/mol. The third-order valence-corrected chi connectivity index (χ3v) is 9.87. The van der Waals surface area contributed by atoms with Gasteiger partial charge in [0.2, 0.25) is 0 Å². The minimum Gasteiger partial charge on any atom is -0.479 e. The summed E-state index contributed by atoms with van der Waals surface area (Å²) in [4.78, 5) is 24.4. The fourth-order valence-corrected chi connectivity index (χ4v) is 6.69. The van der Waals surface area contributed by atoms with Crippen LogP contribution in [-0.2, 0) is 49.3 Å². The molecule has 23 heteroatoms. The van der Waals surface area contributed by atoms with Crippen LogP contribution in [0.2, 0.25) is 0 Å². The molecule has 4 saturated heterocycles. The Balaban J connectivity index is 1.27. The van der Waals surface area contributed by atoms with E-state index in [4.69, 9.17) is 37.6 Å². The van der Waals surface area contributed by atoms with Crippen LogP contribution in [-0.4, -0.2) is 209 Å². The molecule has 20 unspecified atom stereocenters. The largest absolute Gasteiger partial charge is 0.479 e. The number of amides is 1. The number of carboxylic acids is 1. The van der Waals surface area contributed by atoms with Gasteiger partial charge in [0, 0.05) is 0 Å². The summed E-state index contributed by atoms with van der Waals surface area (Å²) >= 11 is 0. The first-order chi connectivity index (χ1) is 26.0. The van der Waals surface area contributed by atoms with E-state index >= 15 is 0 Å². The molecule has 0 aliphatic carbocycles. The zero-order valence-electron chi connectivity index (χ0n) is 29.4. The van der Waals surface area contributed by atoms with E-state index in [0.717, 1.165) is 0 Å². The van der Waals surface area contributed by atoms with Gasteiger partial charge < -0.3 is 104 Å². The molecule has 0 bridgehead atoms. The second kappa shape index (κ2) is 18.4. The van der Waals surface area contributed by atoms with Crippen molar-refractivity contribution in [2.24, 2.45) is 5.92 Å². The van der Waals surface area contributed by atoms with Crippen LogP contribution in [0.1, 0.15) is 19.6 Å². The molecule has 1 aromatic rings. The van der Waals surface area contributed by atoms with E-state index < -0.39 is 154 Å². The van der Waals surface area contributed by atoms with E-state index in [2.05, 4.69) is 5.32 Å². The minimum absolute atomic E-state index is 0.130. The lowest BCUT2D eigenvalue weighted by Gasteiger charge is -2.48. The average Bonchev–Trinajstić information content (AvgIpc) is 3.67. The number of carboxylic acid groups (broad SMARTS) is 1. The van der Waals surface area contributed by atoms with Crippen molar-refractivity contribution in [3.8, 4) is 0 Å². The summed E-state index contributed by atoms with van der Waals surface area (Å²) in [6, 6.07) is 3.13. The second-order valence-corrected chi connectivity index (χ2v) is 14.0. The van der Waals surface area contributed by atoms with Gasteiger partial charge >= 0.3 is 5.97 Å². The number of carbonyl (C=O) groups excluding carboxylic acids is 1. The molecule has 5 heterocycles. The van der Waals surface area contributed by atoms with E-state index in [-0.39, 0.29) is 6.54 Å². The summed E-state index contributed by atoms with van der Waals surface area (Å²) in [5, 5.41) is 129. The quantitative estimate of drug-likeness (QED) is 0.0881. The van der Waals surface area contributed by atoms with Gasteiger partial charge in [-0.1, -0.05) is 13.8 Å². The van der Waals surface area contributed by atoms with Crippen LogP contribution in [0.4, 0.5) is 0 Å². The Hall–Kier alpha value is -2.50. The highest BCUT2D eigenvalue weighted by molar-refractivity contribution is 5.81. The third kappa shape index (κ3) is 9.30. The molecule has 20 atom stereocenters. The summed E-state index contributed by atoms with van der Waals surface area (Å²) in [7, 11) is 0. The highest BCUT2D eigenvalue weighted by Gasteiger charge is 2.55. The van der Waals surface area contributed by atoms with E-state index in [1.807, 2.05) is 0 Å². The Morgan fingerprint density at radius 3 is 1.80 bits per heavy atom. The number of nitrogens with one attached hydrogen (secondary N) is 1. The topological polar surface area (TPSA) is 367 Å². The number of aliphatic carboxylic acids is 1. The molecule has 0 aromatic carbocycles. The van der Waals surface area contributed by atoms with Crippen LogP contribution in [0.25, 0.3) is 0 Å². The molecule has 4 aliphatic rings. The number of ether oxygens (including phenoxy) is 7. The molecule has 0 radical (unpaired) electrons. The Morgan fingerprint density at radius 2 is 1.25 bits per heavy atom. The van der Waals surface area contributed by atoms with Gasteiger partial charge in [-0.25, -0.2) is 4.79 Å². The Labute approximate surface area is 312 Å². The fourth-order valence-electron chi connectivity index (χ4n) is 6.69. The van der Waals surface area contributed by atoms with Crippen molar-refractivity contribution in [1.82, 2.24) is 5.32 Å². The zero-order valence-corrected chi connectivity index (χ0v) is 29.4. The number of aliphatic hydroxyl groups is 11. The molecular weight excluding hydrogens is 750 g/mol. The van der Waals surface area contributed by atoms with Gasteiger partial charge in [0.05, 0.1) is 32.1 Å². The molecule has 1 amide bonds. The van der Waals surface area contributed by atoms with E-state index in [1.165, 1.54) is 6.26 Å². The van der Waals surface area contributed by atoms with Crippen molar-refractivity contribution < 1.29 is 108 Å². The van der Waals surface area contributed by atoms with E-state index in [0.29, 0.717) is 5.76 Å². The normalized spacial score (nSPS) is 45.3. The van der Waals surface area contributed by atoms with Gasteiger partial charge in [-0.3, -0.25) is 4.79 Å². The summed E-state index contributed by atoms with van der Waals surface area (Å²) in [6.07, 6.45) is -35.2. The molecule has 4 aliphatic heterocycles. The van der Waals surface area contributed by atoms with Crippen LogP contribution in [0, 0.1) is 5.92 Å². The number of hydrogen-bond donors (Lipinski definition) is 13. The zero-order chi connectivity index (χ0) is 40.5. The molecule has 23 nitrogen and oxygen atoms in total. The molecule has 4 fully saturated rings. The lowest BCUT2D eigenvalue weighted by molar-refractivity contribution is -0.362. The number of aliphatic hydroxyl groups excluding tert-OH is 11. The first kappa shape index (κ1) is 43.6. The van der Waals surface area contributed by atoms with Gasteiger partial charge in [0.25, 0.3) is 5.91 Å². The first-order valence-corrected chi connectivity index (χ1v) is 17.5. The summed E-state index contributed by atoms with van der Waals surface area (Å²) in [5.74, 6) is -2.76. The van der Waals surface area contributed by atoms with Crippen molar-refractivity contribution >= 4 is 11.9 Å². The van der Waals surface area contributed by atoms with Crippen LogP contribution in [0.3, 0.4) is 0 Å². The highest BCUT2D eigenvalue weighted by Crippen LogP contribution is 2.34. The van der Waals surface area contributed by atoms with Gasteiger partial charge in [-0.05, 0) is 18.1 Å². The van der Waals surface area contributed by atoms with Crippen LogP contribution in [0.5, 0.6) is 0 Å². The smallest absolute Gasteiger partial charge is 0.335 e. The van der Waals surface area contributed by atoms with Gasteiger partial charge in [-0.2, -0.15) is 0 Å². The SMILES string of the molecule is CC(C)C1OC(COC2OC(CO)C(O)C(OC3OC(C(=O)NCc4ccco4)C(O)C(O)C3O)C2O)C(O)C(OC2OC(C(=O)O)C(O)C(O)C2O)C1O. The Kier molecular flexibility index (Phi) is 14.6. The van der Waals surface area contributed by atoms with Gasteiger partial charge in [-0.15, -0.1) is 0 Å². The highest BCUT2D eigenvalue weighted by atomic mass is 16.7.